The van der Waals surface area contributed by atoms with Gasteiger partial charge in [0.05, 0.1) is 25.0 Å². The lowest BCUT2D eigenvalue weighted by Gasteiger charge is -2.14. The second-order valence-corrected chi connectivity index (χ2v) is 5.85. The molecule has 1 unspecified atom stereocenters. The summed E-state index contributed by atoms with van der Waals surface area (Å²) in [4.78, 5) is 0. The number of aliphatic hydroxyl groups excluding tert-OH is 1. The van der Waals surface area contributed by atoms with E-state index in [1.807, 2.05) is 0 Å². The third kappa shape index (κ3) is 7.72. The van der Waals surface area contributed by atoms with E-state index < -0.39 is 9.84 Å². The number of nitrogens with one attached hydrogen (secondary N) is 1. The highest BCUT2D eigenvalue weighted by Gasteiger charge is 2.08. The van der Waals surface area contributed by atoms with E-state index in [4.69, 9.17) is 9.84 Å². The van der Waals surface area contributed by atoms with E-state index in [-0.39, 0.29) is 24.2 Å². The van der Waals surface area contributed by atoms with Gasteiger partial charge < -0.3 is 15.2 Å². The summed E-state index contributed by atoms with van der Waals surface area (Å²) >= 11 is 0. The molecule has 0 amide bonds. The molecule has 92 valence electrons. The van der Waals surface area contributed by atoms with E-state index in [9.17, 15) is 8.42 Å². The summed E-state index contributed by atoms with van der Waals surface area (Å²) in [7, 11) is -1.31. The van der Waals surface area contributed by atoms with Gasteiger partial charge in [-0.1, -0.05) is 6.92 Å². The summed E-state index contributed by atoms with van der Waals surface area (Å²) in [6.45, 7) is 2.64. The molecule has 6 heteroatoms. The SMILES string of the molecule is CCS(=O)(=O)CCCNC(CO)COC. The lowest BCUT2D eigenvalue weighted by molar-refractivity contribution is 0.129. The van der Waals surface area contributed by atoms with Crippen LogP contribution in [0.5, 0.6) is 0 Å². The van der Waals surface area contributed by atoms with E-state index in [1.165, 1.54) is 0 Å². The minimum Gasteiger partial charge on any atom is -0.395 e. The molecule has 0 saturated carbocycles. The molecular formula is C9H21NO4S. The lowest BCUT2D eigenvalue weighted by atomic mass is 10.3. The predicted octanol–water partition coefficient (Wildman–Crippen LogP) is -0.592. The van der Waals surface area contributed by atoms with Crippen LogP contribution in [0, 0.1) is 0 Å². The Morgan fingerprint density at radius 2 is 2.13 bits per heavy atom. The van der Waals surface area contributed by atoms with Crippen LogP contribution < -0.4 is 5.32 Å². The van der Waals surface area contributed by atoms with E-state index in [1.54, 1.807) is 14.0 Å². The van der Waals surface area contributed by atoms with E-state index in [0.717, 1.165) is 0 Å². The monoisotopic (exact) mass is 239 g/mol. The van der Waals surface area contributed by atoms with Crippen LogP contribution in [0.25, 0.3) is 0 Å². The first-order valence-electron chi connectivity index (χ1n) is 5.09. The van der Waals surface area contributed by atoms with Crippen LogP contribution in [0.15, 0.2) is 0 Å². The fourth-order valence-electron chi connectivity index (χ4n) is 1.12. The maximum absolute atomic E-state index is 11.1. The molecule has 0 aromatic carbocycles. The largest absolute Gasteiger partial charge is 0.395 e. The molecule has 0 bridgehead atoms. The van der Waals surface area contributed by atoms with Gasteiger partial charge in [-0.3, -0.25) is 0 Å². The normalized spacial score (nSPS) is 14.1. The zero-order valence-electron chi connectivity index (χ0n) is 9.40. The maximum Gasteiger partial charge on any atom is 0.150 e. The quantitative estimate of drug-likeness (QED) is 0.526. The lowest BCUT2D eigenvalue weighted by Crippen LogP contribution is -2.37. The molecule has 0 radical (unpaired) electrons. The average Bonchev–Trinajstić information content (AvgIpc) is 2.22. The van der Waals surface area contributed by atoms with Gasteiger partial charge in [0, 0.05) is 12.9 Å². The first-order valence-corrected chi connectivity index (χ1v) is 6.91. The molecule has 0 aliphatic rings. The number of sulfone groups is 1. The van der Waals surface area contributed by atoms with E-state index in [2.05, 4.69) is 5.32 Å². The molecule has 2 N–H and O–H groups in total. The molecule has 0 rings (SSSR count). The van der Waals surface area contributed by atoms with Crippen LogP contribution in [0.4, 0.5) is 0 Å². The van der Waals surface area contributed by atoms with Crippen molar-refractivity contribution in [2.24, 2.45) is 0 Å². The van der Waals surface area contributed by atoms with Gasteiger partial charge in [0.1, 0.15) is 9.84 Å². The second-order valence-electron chi connectivity index (χ2n) is 3.38. The van der Waals surface area contributed by atoms with Crippen LogP contribution in [-0.4, -0.2) is 57.9 Å². The van der Waals surface area contributed by atoms with Crippen molar-refractivity contribution in [2.75, 3.05) is 38.4 Å². The summed E-state index contributed by atoms with van der Waals surface area (Å²) in [6.07, 6.45) is 0.566. The highest BCUT2D eigenvalue weighted by atomic mass is 32.2. The van der Waals surface area contributed by atoms with Crippen LogP contribution >= 0.6 is 0 Å². The van der Waals surface area contributed by atoms with Gasteiger partial charge in [-0.15, -0.1) is 0 Å². The van der Waals surface area contributed by atoms with Crippen molar-refractivity contribution in [1.29, 1.82) is 0 Å². The topological polar surface area (TPSA) is 75.6 Å². The number of rotatable bonds is 9. The van der Waals surface area contributed by atoms with Gasteiger partial charge in [0.25, 0.3) is 0 Å². The molecule has 0 saturated heterocycles. The van der Waals surface area contributed by atoms with Crippen molar-refractivity contribution in [3.63, 3.8) is 0 Å². The zero-order chi connectivity index (χ0) is 11.7. The molecule has 0 aliphatic carbocycles. The average molecular weight is 239 g/mol. The Bertz CT molecular complexity index is 240. The third-order valence-electron chi connectivity index (χ3n) is 2.09. The summed E-state index contributed by atoms with van der Waals surface area (Å²) in [5.41, 5.74) is 0. The first kappa shape index (κ1) is 14.8. The van der Waals surface area contributed by atoms with Crippen LogP contribution in [0.1, 0.15) is 13.3 Å². The number of aliphatic hydroxyl groups is 1. The Hall–Kier alpha value is -0.170. The maximum atomic E-state index is 11.1. The molecule has 0 spiro atoms. The molecule has 0 aromatic heterocycles. The number of hydrogen-bond donors (Lipinski definition) is 2. The summed E-state index contributed by atoms with van der Waals surface area (Å²) in [5, 5.41) is 11.9. The fourth-order valence-corrected chi connectivity index (χ4v) is 1.99. The van der Waals surface area contributed by atoms with Crippen molar-refractivity contribution in [2.45, 2.75) is 19.4 Å². The zero-order valence-corrected chi connectivity index (χ0v) is 10.2. The second kappa shape index (κ2) is 8.04. The smallest absolute Gasteiger partial charge is 0.150 e. The summed E-state index contributed by atoms with van der Waals surface area (Å²) < 4.78 is 27.1. The minimum atomic E-state index is -2.87. The van der Waals surface area contributed by atoms with Gasteiger partial charge in [-0.2, -0.15) is 0 Å². The Morgan fingerprint density at radius 1 is 1.47 bits per heavy atom. The Morgan fingerprint density at radius 3 is 2.60 bits per heavy atom. The molecule has 5 nitrogen and oxygen atoms in total. The van der Waals surface area contributed by atoms with Gasteiger partial charge in [0.2, 0.25) is 0 Å². The highest BCUT2D eigenvalue weighted by molar-refractivity contribution is 7.91. The molecule has 15 heavy (non-hydrogen) atoms. The van der Waals surface area contributed by atoms with Crippen molar-refractivity contribution in [3.8, 4) is 0 Å². The van der Waals surface area contributed by atoms with Crippen LogP contribution in [0.2, 0.25) is 0 Å². The molecule has 0 heterocycles. The van der Waals surface area contributed by atoms with Crippen molar-refractivity contribution < 1.29 is 18.3 Å². The number of hydrogen-bond acceptors (Lipinski definition) is 5. The molecule has 0 fully saturated rings. The Kier molecular flexibility index (Phi) is 7.95. The predicted molar refractivity (Wildman–Crippen MR) is 59.7 cm³/mol. The summed E-state index contributed by atoms with van der Waals surface area (Å²) in [6, 6.07) is -0.112. The number of ether oxygens (including phenoxy) is 1. The fraction of sp³-hybridized carbons (Fsp3) is 1.00. The van der Waals surface area contributed by atoms with E-state index >= 15 is 0 Å². The minimum absolute atomic E-state index is 0.00559. The van der Waals surface area contributed by atoms with Gasteiger partial charge in [-0.05, 0) is 13.0 Å². The third-order valence-corrected chi connectivity index (χ3v) is 3.88. The van der Waals surface area contributed by atoms with Gasteiger partial charge >= 0.3 is 0 Å². The summed E-state index contributed by atoms with van der Waals surface area (Å²) in [5.74, 6) is 0.385. The van der Waals surface area contributed by atoms with Gasteiger partial charge in [0.15, 0.2) is 0 Å². The van der Waals surface area contributed by atoms with Crippen molar-refractivity contribution in [3.05, 3.63) is 0 Å². The standard InChI is InChI=1S/C9H21NO4S/c1-3-15(12,13)6-4-5-10-9(7-11)8-14-2/h9-11H,3-8H2,1-2H3. The van der Waals surface area contributed by atoms with Crippen LogP contribution in [0.3, 0.4) is 0 Å². The van der Waals surface area contributed by atoms with Crippen molar-refractivity contribution >= 4 is 9.84 Å². The molecule has 0 aromatic rings. The Balaban J connectivity index is 3.61. The van der Waals surface area contributed by atoms with Gasteiger partial charge in [-0.25, -0.2) is 8.42 Å². The molecular weight excluding hydrogens is 218 g/mol. The first-order chi connectivity index (χ1) is 7.05. The molecule has 0 aliphatic heterocycles. The van der Waals surface area contributed by atoms with E-state index in [0.29, 0.717) is 19.6 Å². The van der Waals surface area contributed by atoms with Crippen LogP contribution in [-0.2, 0) is 14.6 Å². The molecule has 1 atom stereocenters. The number of methoxy groups -OCH3 is 1. The van der Waals surface area contributed by atoms with Crippen molar-refractivity contribution in [1.82, 2.24) is 5.32 Å². The highest BCUT2D eigenvalue weighted by Crippen LogP contribution is 1.93. The Labute approximate surface area is 91.7 Å².